The third kappa shape index (κ3) is 2.31. The number of hydrogen-bond acceptors (Lipinski definition) is 4. The fourth-order valence-electron chi connectivity index (χ4n) is 0.971. The van der Waals surface area contributed by atoms with Crippen LogP contribution in [-0.2, 0) is 19.1 Å². The average Bonchev–Trinajstić information content (AvgIpc) is 2.35. The number of rotatable bonds is 1. The van der Waals surface area contributed by atoms with E-state index < -0.39 is 18.0 Å². The highest BCUT2D eigenvalue weighted by atomic mass is 16.6. The van der Waals surface area contributed by atoms with Gasteiger partial charge in [0, 0.05) is 13.5 Å². The first-order valence-corrected chi connectivity index (χ1v) is 3.54. The Labute approximate surface area is 64.5 Å². The maximum atomic E-state index is 10.9. The molecule has 1 rings (SSSR count). The summed E-state index contributed by atoms with van der Waals surface area (Å²) < 4.78 is 9.32. The van der Waals surface area contributed by atoms with Crippen LogP contribution in [0.2, 0.25) is 0 Å². The van der Waals surface area contributed by atoms with Gasteiger partial charge in [0.15, 0.2) is 6.10 Å². The van der Waals surface area contributed by atoms with E-state index in [1.165, 1.54) is 6.92 Å². The highest BCUT2D eigenvalue weighted by molar-refractivity contribution is 5.86. The zero-order valence-corrected chi connectivity index (χ0v) is 6.33. The van der Waals surface area contributed by atoms with Crippen molar-refractivity contribution in [1.82, 2.24) is 0 Å². The largest absolute Gasteiger partial charge is 0.391 e. The van der Waals surface area contributed by atoms with Crippen LogP contribution < -0.4 is 0 Å². The average molecular weight is 158 g/mol. The minimum Gasteiger partial charge on any atom is -0.391 e. The molecule has 11 heavy (non-hydrogen) atoms. The molecule has 1 atom stereocenters. The van der Waals surface area contributed by atoms with E-state index in [2.05, 4.69) is 4.74 Å². The predicted octanol–water partition coefficient (Wildman–Crippen LogP) is 0.255. The summed E-state index contributed by atoms with van der Waals surface area (Å²) in [5, 5.41) is 0. The highest BCUT2D eigenvalue weighted by Crippen LogP contribution is 2.12. The Balaban J connectivity index is 2.34. The molecule has 0 amide bonds. The standard InChI is InChI=1S/C7H10O4/c1-5(8)11-7(9)6-3-2-4-10-6/h6H,2-4H2,1H3. The van der Waals surface area contributed by atoms with E-state index >= 15 is 0 Å². The SMILES string of the molecule is CC(=O)OC(=O)C1CCCO1. The van der Waals surface area contributed by atoms with E-state index in [4.69, 9.17) is 4.74 Å². The van der Waals surface area contributed by atoms with Crippen LogP contribution in [-0.4, -0.2) is 24.6 Å². The minimum absolute atomic E-state index is 0.515. The molecule has 0 radical (unpaired) electrons. The van der Waals surface area contributed by atoms with Gasteiger partial charge in [-0.25, -0.2) is 4.79 Å². The van der Waals surface area contributed by atoms with Crippen LogP contribution >= 0.6 is 0 Å². The molecule has 1 aliphatic rings. The van der Waals surface area contributed by atoms with Crippen molar-refractivity contribution >= 4 is 11.9 Å². The summed E-state index contributed by atoms with van der Waals surface area (Å²) in [6.45, 7) is 1.78. The van der Waals surface area contributed by atoms with Gasteiger partial charge in [-0.3, -0.25) is 4.79 Å². The lowest BCUT2D eigenvalue weighted by atomic mass is 10.2. The van der Waals surface area contributed by atoms with Crippen molar-refractivity contribution in [1.29, 1.82) is 0 Å². The van der Waals surface area contributed by atoms with Crippen LogP contribution in [0, 0.1) is 0 Å². The normalized spacial score (nSPS) is 23.2. The van der Waals surface area contributed by atoms with Crippen molar-refractivity contribution in [2.75, 3.05) is 6.61 Å². The van der Waals surface area contributed by atoms with E-state index in [1.54, 1.807) is 0 Å². The lowest BCUT2D eigenvalue weighted by Gasteiger charge is -2.05. The van der Waals surface area contributed by atoms with Crippen LogP contribution in [0.4, 0.5) is 0 Å². The summed E-state index contributed by atoms with van der Waals surface area (Å²) in [5.41, 5.74) is 0. The maximum absolute atomic E-state index is 10.9. The molecule has 0 aliphatic carbocycles. The Hall–Kier alpha value is -0.900. The number of esters is 2. The molecular weight excluding hydrogens is 148 g/mol. The van der Waals surface area contributed by atoms with Crippen LogP contribution in [0.25, 0.3) is 0 Å². The molecular formula is C7H10O4. The molecule has 1 saturated heterocycles. The van der Waals surface area contributed by atoms with Crippen molar-refractivity contribution in [3.63, 3.8) is 0 Å². The lowest BCUT2D eigenvalue weighted by molar-refractivity contribution is -0.164. The second-order valence-corrected chi connectivity index (χ2v) is 2.41. The number of ether oxygens (including phenoxy) is 2. The highest BCUT2D eigenvalue weighted by Gasteiger charge is 2.25. The van der Waals surface area contributed by atoms with Crippen molar-refractivity contribution in [2.45, 2.75) is 25.9 Å². The molecule has 0 N–H and O–H groups in total. The fraction of sp³-hybridized carbons (Fsp3) is 0.714. The quantitative estimate of drug-likeness (QED) is 0.405. The smallest absolute Gasteiger partial charge is 0.342 e. The first kappa shape index (κ1) is 8.20. The van der Waals surface area contributed by atoms with Gasteiger partial charge in [-0.15, -0.1) is 0 Å². The van der Waals surface area contributed by atoms with E-state index in [0.717, 1.165) is 6.42 Å². The predicted molar refractivity (Wildman–Crippen MR) is 35.7 cm³/mol. The summed E-state index contributed by atoms with van der Waals surface area (Å²) in [6, 6.07) is 0. The van der Waals surface area contributed by atoms with Gasteiger partial charge in [0.05, 0.1) is 0 Å². The van der Waals surface area contributed by atoms with E-state index in [-0.39, 0.29) is 0 Å². The summed E-state index contributed by atoms with van der Waals surface area (Å²) in [4.78, 5) is 21.2. The molecule has 0 spiro atoms. The molecule has 0 aromatic carbocycles. The van der Waals surface area contributed by atoms with Gasteiger partial charge in [-0.1, -0.05) is 0 Å². The van der Waals surface area contributed by atoms with Gasteiger partial charge in [-0.2, -0.15) is 0 Å². The van der Waals surface area contributed by atoms with Gasteiger partial charge in [0.25, 0.3) is 0 Å². The zero-order valence-electron chi connectivity index (χ0n) is 6.33. The molecule has 0 bridgehead atoms. The van der Waals surface area contributed by atoms with Crippen molar-refractivity contribution in [3.05, 3.63) is 0 Å². The van der Waals surface area contributed by atoms with Crippen LogP contribution in [0.3, 0.4) is 0 Å². The second kappa shape index (κ2) is 3.48. The molecule has 4 heteroatoms. The number of carbonyl (C=O) groups is 2. The van der Waals surface area contributed by atoms with Crippen LogP contribution in [0.1, 0.15) is 19.8 Å². The molecule has 1 aliphatic heterocycles. The van der Waals surface area contributed by atoms with Crippen molar-refractivity contribution in [2.24, 2.45) is 0 Å². The monoisotopic (exact) mass is 158 g/mol. The molecule has 4 nitrogen and oxygen atoms in total. The van der Waals surface area contributed by atoms with Crippen molar-refractivity contribution in [3.8, 4) is 0 Å². The molecule has 0 aromatic rings. The topological polar surface area (TPSA) is 52.6 Å². The summed E-state index contributed by atoms with van der Waals surface area (Å²) in [5.74, 6) is -1.14. The third-order valence-corrected chi connectivity index (χ3v) is 1.44. The van der Waals surface area contributed by atoms with E-state index in [9.17, 15) is 9.59 Å². The Morgan fingerprint density at radius 3 is 2.73 bits per heavy atom. The Kier molecular flexibility index (Phi) is 2.59. The van der Waals surface area contributed by atoms with Crippen molar-refractivity contribution < 1.29 is 19.1 Å². The summed E-state index contributed by atoms with van der Waals surface area (Å²) in [7, 11) is 0. The molecule has 0 saturated carbocycles. The Bertz CT molecular complexity index is 169. The van der Waals surface area contributed by atoms with Gasteiger partial charge in [0.1, 0.15) is 0 Å². The molecule has 1 unspecified atom stereocenters. The molecule has 62 valence electrons. The summed E-state index contributed by atoms with van der Waals surface area (Å²) >= 11 is 0. The van der Waals surface area contributed by atoms with Gasteiger partial charge in [0.2, 0.25) is 0 Å². The maximum Gasteiger partial charge on any atom is 0.342 e. The molecule has 1 heterocycles. The van der Waals surface area contributed by atoms with Gasteiger partial charge in [-0.05, 0) is 12.8 Å². The van der Waals surface area contributed by atoms with E-state index in [0.29, 0.717) is 13.0 Å². The minimum atomic E-state index is -0.578. The fourth-order valence-corrected chi connectivity index (χ4v) is 0.971. The number of hydrogen-bond donors (Lipinski definition) is 0. The Morgan fingerprint density at radius 2 is 2.27 bits per heavy atom. The lowest BCUT2D eigenvalue weighted by Crippen LogP contribution is -2.23. The molecule has 0 aromatic heterocycles. The Morgan fingerprint density at radius 1 is 1.55 bits per heavy atom. The first-order valence-electron chi connectivity index (χ1n) is 3.54. The van der Waals surface area contributed by atoms with Gasteiger partial charge >= 0.3 is 11.9 Å². The second-order valence-electron chi connectivity index (χ2n) is 2.41. The van der Waals surface area contributed by atoms with Gasteiger partial charge < -0.3 is 9.47 Å². The number of carbonyl (C=O) groups excluding carboxylic acids is 2. The summed E-state index contributed by atoms with van der Waals surface area (Å²) in [6.07, 6.45) is 1.00. The van der Waals surface area contributed by atoms with E-state index in [1.807, 2.05) is 0 Å². The first-order chi connectivity index (χ1) is 5.20. The molecule has 1 fully saturated rings. The third-order valence-electron chi connectivity index (χ3n) is 1.44. The van der Waals surface area contributed by atoms with Crippen LogP contribution in [0.15, 0.2) is 0 Å². The zero-order chi connectivity index (χ0) is 8.27. The van der Waals surface area contributed by atoms with Crippen LogP contribution in [0.5, 0.6) is 0 Å².